The molecule has 2 N–H and O–H groups in total. The smallest absolute Gasteiger partial charge is 0.249 e. The SMILES string of the molecule is O=C1Nc2ccc(Cl)cc2C(c2ccc(O)cc2)=NC1CCc1ccccc1. The van der Waals surface area contributed by atoms with E-state index < -0.39 is 6.04 Å². The number of anilines is 1. The minimum Gasteiger partial charge on any atom is -0.508 e. The largest absolute Gasteiger partial charge is 0.508 e. The van der Waals surface area contributed by atoms with Crippen molar-refractivity contribution < 1.29 is 9.90 Å². The number of phenolic OH excluding ortho intramolecular Hbond substituents is 1. The predicted octanol–water partition coefficient (Wildman–Crippen LogP) is 4.84. The number of phenols is 1. The molecule has 4 rings (SSSR count). The van der Waals surface area contributed by atoms with Crippen LogP contribution >= 0.6 is 11.6 Å². The topological polar surface area (TPSA) is 61.7 Å². The number of carbonyl (C=O) groups is 1. The lowest BCUT2D eigenvalue weighted by atomic mass is 10.00. The van der Waals surface area contributed by atoms with Crippen LogP contribution in [0.2, 0.25) is 5.02 Å². The van der Waals surface area contributed by atoms with E-state index in [9.17, 15) is 9.90 Å². The number of benzene rings is 3. The van der Waals surface area contributed by atoms with Gasteiger partial charge in [-0.3, -0.25) is 9.79 Å². The van der Waals surface area contributed by atoms with Gasteiger partial charge in [0.2, 0.25) is 5.91 Å². The fourth-order valence-corrected chi connectivity index (χ4v) is 3.49. The zero-order chi connectivity index (χ0) is 19.5. The van der Waals surface area contributed by atoms with Crippen molar-refractivity contribution in [3.05, 3.63) is 94.5 Å². The summed E-state index contributed by atoms with van der Waals surface area (Å²) in [5.41, 5.74) is 4.13. The summed E-state index contributed by atoms with van der Waals surface area (Å²) >= 11 is 6.21. The molecule has 0 aromatic heterocycles. The average Bonchev–Trinajstić information content (AvgIpc) is 2.84. The van der Waals surface area contributed by atoms with Crippen molar-refractivity contribution in [1.29, 1.82) is 0 Å². The van der Waals surface area contributed by atoms with Crippen molar-refractivity contribution in [2.75, 3.05) is 5.32 Å². The lowest BCUT2D eigenvalue weighted by molar-refractivity contribution is -0.117. The Morgan fingerprint density at radius 2 is 1.75 bits per heavy atom. The van der Waals surface area contributed by atoms with E-state index >= 15 is 0 Å². The van der Waals surface area contributed by atoms with Crippen LogP contribution in [0.5, 0.6) is 5.75 Å². The van der Waals surface area contributed by atoms with Crippen molar-refractivity contribution in [2.45, 2.75) is 18.9 Å². The van der Waals surface area contributed by atoms with Crippen LogP contribution in [-0.2, 0) is 11.2 Å². The molecule has 5 heteroatoms. The van der Waals surface area contributed by atoms with Crippen molar-refractivity contribution in [1.82, 2.24) is 0 Å². The molecule has 0 bridgehead atoms. The molecule has 28 heavy (non-hydrogen) atoms. The van der Waals surface area contributed by atoms with Gasteiger partial charge in [0.1, 0.15) is 11.8 Å². The Hall–Kier alpha value is -3.11. The van der Waals surface area contributed by atoms with E-state index in [2.05, 4.69) is 5.32 Å². The Balaban J connectivity index is 1.74. The first kappa shape index (κ1) is 18.3. The molecule has 3 aromatic carbocycles. The summed E-state index contributed by atoms with van der Waals surface area (Å²) in [4.78, 5) is 17.6. The van der Waals surface area contributed by atoms with Crippen molar-refractivity contribution in [3.63, 3.8) is 0 Å². The highest BCUT2D eigenvalue weighted by Gasteiger charge is 2.26. The zero-order valence-electron chi connectivity index (χ0n) is 15.1. The third-order valence-electron chi connectivity index (χ3n) is 4.77. The van der Waals surface area contributed by atoms with Crippen LogP contribution in [0.25, 0.3) is 0 Å². The van der Waals surface area contributed by atoms with E-state index in [4.69, 9.17) is 16.6 Å². The van der Waals surface area contributed by atoms with Crippen LogP contribution in [-0.4, -0.2) is 22.8 Å². The highest BCUT2D eigenvalue weighted by atomic mass is 35.5. The second kappa shape index (κ2) is 7.87. The number of hydrogen-bond donors (Lipinski definition) is 2. The summed E-state index contributed by atoms with van der Waals surface area (Å²) < 4.78 is 0. The number of carbonyl (C=O) groups excluding carboxylic acids is 1. The number of rotatable bonds is 4. The monoisotopic (exact) mass is 390 g/mol. The van der Waals surface area contributed by atoms with E-state index in [1.54, 1.807) is 36.4 Å². The van der Waals surface area contributed by atoms with E-state index in [1.165, 1.54) is 5.56 Å². The van der Waals surface area contributed by atoms with Crippen molar-refractivity contribution in [3.8, 4) is 5.75 Å². The first-order valence-corrected chi connectivity index (χ1v) is 9.50. The Morgan fingerprint density at radius 3 is 2.50 bits per heavy atom. The summed E-state index contributed by atoms with van der Waals surface area (Å²) in [6.07, 6.45) is 1.35. The van der Waals surface area contributed by atoms with Crippen molar-refractivity contribution in [2.24, 2.45) is 4.99 Å². The molecule has 0 saturated heterocycles. The van der Waals surface area contributed by atoms with E-state index in [-0.39, 0.29) is 11.7 Å². The van der Waals surface area contributed by atoms with Crippen LogP contribution in [0.4, 0.5) is 5.69 Å². The molecule has 0 spiro atoms. The summed E-state index contributed by atoms with van der Waals surface area (Å²) in [6.45, 7) is 0. The molecule has 0 saturated carbocycles. The van der Waals surface area contributed by atoms with E-state index in [0.717, 1.165) is 17.5 Å². The number of nitrogens with zero attached hydrogens (tertiary/aromatic N) is 1. The Bertz CT molecular complexity index is 1030. The highest BCUT2D eigenvalue weighted by molar-refractivity contribution is 6.32. The summed E-state index contributed by atoms with van der Waals surface area (Å²) in [7, 11) is 0. The molecular formula is C23H19ClN2O2. The average molecular weight is 391 g/mol. The van der Waals surface area contributed by atoms with Gasteiger partial charge in [0.05, 0.1) is 11.4 Å². The molecule has 3 aromatic rings. The second-order valence-corrected chi connectivity index (χ2v) is 7.18. The zero-order valence-corrected chi connectivity index (χ0v) is 15.9. The van der Waals surface area contributed by atoms with Gasteiger partial charge in [0.25, 0.3) is 0 Å². The maximum atomic E-state index is 12.8. The molecule has 1 aliphatic rings. The van der Waals surface area contributed by atoms with Gasteiger partial charge in [-0.15, -0.1) is 0 Å². The molecule has 0 fully saturated rings. The first-order chi connectivity index (χ1) is 13.6. The maximum Gasteiger partial charge on any atom is 0.249 e. The van der Waals surface area contributed by atoms with Gasteiger partial charge in [0.15, 0.2) is 0 Å². The molecular weight excluding hydrogens is 372 g/mol. The number of aliphatic imine (C=N–C) groups is 1. The van der Waals surface area contributed by atoms with Gasteiger partial charge in [-0.2, -0.15) is 0 Å². The summed E-state index contributed by atoms with van der Waals surface area (Å²) in [5, 5.41) is 13.2. The molecule has 0 radical (unpaired) electrons. The summed E-state index contributed by atoms with van der Waals surface area (Å²) in [6, 6.07) is 21.7. The number of aromatic hydroxyl groups is 1. The lowest BCUT2D eigenvalue weighted by Gasteiger charge is -2.11. The number of amides is 1. The first-order valence-electron chi connectivity index (χ1n) is 9.12. The van der Waals surface area contributed by atoms with Gasteiger partial charge >= 0.3 is 0 Å². The highest BCUT2D eigenvalue weighted by Crippen LogP contribution is 2.28. The Labute approximate surface area is 168 Å². The number of fused-ring (bicyclic) bond motifs is 1. The van der Waals surface area contributed by atoms with Gasteiger partial charge in [-0.05, 0) is 60.9 Å². The summed E-state index contributed by atoms with van der Waals surface area (Å²) in [5.74, 6) is 0.0485. The fraction of sp³-hybridized carbons (Fsp3) is 0.130. The molecule has 1 heterocycles. The van der Waals surface area contributed by atoms with Crippen LogP contribution in [0.15, 0.2) is 77.8 Å². The van der Waals surface area contributed by atoms with Crippen LogP contribution < -0.4 is 5.32 Å². The predicted molar refractivity (Wildman–Crippen MR) is 112 cm³/mol. The van der Waals surface area contributed by atoms with Crippen LogP contribution in [0.1, 0.15) is 23.1 Å². The van der Waals surface area contributed by atoms with E-state index in [1.807, 2.05) is 36.4 Å². The second-order valence-electron chi connectivity index (χ2n) is 6.74. The van der Waals surface area contributed by atoms with Gasteiger partial charge in [0, 0.05) is 16.1 Å². The van der Waals surface area contributed by atoms with Gasteiger partial charge in [-0.25, -0.2) is 0 Å². The molecule has 140 valence electrons. The minimum absolute atomic E-state index is 0.131. The molecule has 1 unspecified atom stereocenters. The van der Waals surface area contributed by atoms with Crippen LogP contribution in [0, 0.1) is 0 Å². The molecule has 1 atom stereocenters. The Kier molecular flexibility index (Phi) is 5.13. The Morgan fingerprint density at radius 1 is 1.00 bits per heavy atom. The number of hydrogen-bond acceptors (Lipinski definition) is 3. The molecule has 1 aliphatic heterocycles. The molecule has 4 nitrogen and oxygen atoms in total. The number of benzodiazepines with no additional fused rings is 1. The van der Waals surface area contributed by atoms with Crippen LogP contribution in [0.3, 0.4) is 0 Å². The number of aryl methyl sites for hydroxylation is 1. The lowest BCUT2D eigenvalue weighted by Crippen LogP contribution is -2.26. The van der Waals surface area contributed by atoms with Gasteiger partial charge in [-0.1, -0.05) is 41.9 Å². The standard InChI is InChI=1S/C23H19ClN2O2/c24-17-9-13-20-19(14-17)22(16-7-10-18(27)11-8-16)25-21(23(28)26-20)12-6-15-4-2-1-3-5-15/h1-5,7-11,13-14,21,27H,6,12H2,(H,26,28). The number of halogens is 1. The quantitative estimate of drug-likeness (QED) is 0.669. The third kappa shape index (κ3) is 3.92. The normalized spacial score (nSPS) is 16.0. The minimum atomic E-state index is -0.518. The van der Waals surface area contributed by atoms with Crippen molar-refractivity contribution >= 4 is 28.9 Å². The maximum absolute atomic E-state index is 12.8. The third-order valence-corrected chi connectivity index (χ3v) is 5.01. The molecule has 1 amide bonds. The number of nitrogens with one attached hydrogen (secondary N) is 1. The van der Waals surface area contributed by atoms with E-state index in [0.29, 0.717) is 22.8 Å². The van der Waals surface area contributed by atoms with Gasteiger partial charge < -0.3 is 10.4 Å². The fourth-order valence-electron chi connectivity index (χ4n) is 3.31. The molecule has 0 aliphatic carbocycles.